The van der Waals surface area contributed by atoms with E-state index in [2.05, 4.69) is 4.98 Å². The molecule has 34 heavy (non-hydrogen) atoms. The fraction of sp³-hybridized carbons (Fsp3) is 0.0417. The molecule has 7 nitrogen and oxygen atoms in total. The number of nitrogens with zero attached hydrogens (tertiary/aromatic N) is 2. The van der Waals surface area contributed by atoms with Crippen molar-refractivity contribution in [3.05, 3.63) is 87.6 Å². The highest BCUT2D eigenvalue weighted by Gasteiger charge is 2.20. The van der Waals surface area contributed by atoms with Crippen LogP contribution in [0.2, 0.25) is 0 Å². The first-order valence-electron chi connectivity index (χ1n) is 9.75. The van der Waals surface area contributed by atoms with Gasteiger partial charge in [0.05, 0.1) is 11.6 Å². The van der Waals surface area contributed by atoms with E-state index in [4.69, 9.17) is 15.2 Å². The number of nitriles is 1. The minimum Gasteiger partial charge on any atom is -0.477 e. The first-order chi connectivity index (χ1) is 16.4. The summed E-state index contributed by atoms with van der Waals surface area (Å²) in [6.07, 6.45) is 0. The van der Waals surface area contributed by atoms with Crippen LogP contribution in [0.3, 0.4) is 0 Å². The summed E-state index contributed by atoms with van der Waals surface area (Å²) in [7, 11) is 0. The lowest BCUT2D eigenvalue weighted by Gasteiger charge is -2.12. The molecule has 0 fully saturated rings. The molecule has 2 aromatic carbocycles. The van der Waals surface area contributed by atoms with Crippen molar-refractivity contribution in [2.24, 2.45) is 5.73 Å². The lowest BCUT2D eigenvalue weighted by Crippen LogP contribution is -2.01. The Kier molecular flexibility index (Phi) is 6.49. The van der Waals surface area contributed by atoms with Gasteiger partial charge in [0.25, 0.3) is 11.8 Å². The first-order valence-corrected chi connectivity index (χ1v) is 10.6. The molecule has 4 rings (SSSR count). The maximum absolute atomic E-state index is 14.5. The number of nitrogens with two attached hydrogens (primary N) is 1. The van der Waals surface area contributed by atoms with E-state index in [1.54, 1.807) is 12.1 Å². The monoisotopic (exact) mass is 479 g/mol. The number of carboxylic acids is 1. The highest BCUT2D eigenvalue weighted by Crippen LogP contribution is 2.34. The Morgan fingerprint density at radius 3 is 2.53 bits per heavy atom. The SMILES string of the molecule is N#Cc1cc(Oc2nc(Oc3ccsc3C(=O)O)c(F)cc2F)cc(-c2cccc(CN)c2)c1. The number of thiophene rings is 1. The van der Waals surface area contributed by atoms with Crippen molar-refractivity contribution in [2.75, 3.05) is 0 Å². The van der Waals surface area contributed by atoms with E-state index in [1.165, 1.54) is 17.5 Å². The Morgan fingerprint density at radius 1 is 1.06 bits per heavy atom. The topological polar surface area (TPSA) is 118 Å². The minimum absolute atomic E-state index is 0.0814. The third-order valence-electron chi connectivity index (χ3n) is 4.64. The number of ether oxygens (including phenoxy) is 2. The summed E-state index contributed by atoms with van der Waals surface area (Å²) in [6.45, 7) is 0.330. The van der Waals surface area contributed by atoms with Crippen molar-refractivity contribution in [1.29, 1.82) is 5.26 Å². The first kappa shape index (κ1) is 22.8. The van der Waals surface area contributed by atoms with E-state index in [0.29, 0.717) is 18.2 Å². The Morgan fingerprint density at radius 2 is 1.82 bits per heavy atom. The minimum atomic E-state index is -1.26. The number of hydrogen-bond acceptors (Lipinski definition) is 7. The zero-order chi connectivity index (χ0) is 24.2. The third kappa shape index (κ3) is 4.85. The Labute approximate surface area is 196 Å². The van der Waals surface area contributed by atoms with Crippen molar-refractivity contribution >= 4 is 17.3 Å². The summed E-state index contributed by atoms with van der Waals surface area (Å²) >= 11 is 0.880. The molecule has 0 bridgehead atoms. The molecule has 0 aliphatic carbocycles. The number of pyridine rings is 1. The number of halogens is 2. The van der Waals surface area contributed by atoms with Crippen LogP contribution in [-0.4, -0.2) is 16.1 Å². The zero-order valence-corrected chi connectivity index (χ0v) is 18.1. The largest absolute Gasteiger partial charge is 0.477 e. The van der Waals surface area contributed by atoms with E-state index in [0.717, 1.165) is 22.5 Å². The fourth-order valence-electron chi connectivity index (χ4n) is 3.09. The second-order valence-corrected chi connectivity index (χ2v) is 7.86. The van der Waals surface area contributed by atoms with Crippen LogP contribution < -0.4 is 15.2 Å². The second kappa shape index (κ2) is 9.66. The molecule has 4 aromatic rings. The van der Waals surface area contributed by atoms with Gasteiger partial charge < -0.3 is 20.3 Å². The Bertz CT molecular complexity index is 1430. The normalized spacial score (nSPS) is 10.5. The molecule has 0 saturated heterocycles. The molecule has 3 N–H and O–H groups in total. The molecule has 10 heteroatoms. The number of aromatic carboxylic acids is 1. The summed E-state index contributed by atoms with van der Waals surface area (Å²) in [5.74, 6) is -4.85. The van der Waals surface area contributed by atoms with Crippen molar-refractivity contribution in [1.82, 2.24) is 4.98 Å². The second-order valence-electron chi connectivity index (χ2n) is 6.95. The molecule has 0 saturated carbocycles. The van der Waals surface area contributed by atoms with Crippen LogP contribution in [0.15, 0.2) is 60.0 Å². The summed E-state index contributed by atoms with van der Waals surface area (Å²) in [4.78, 5) is 14.8. The van der Waals surface area contributed by atoms with Crippen LogP contribution >= 0.6 is 11.3 Å². The van der Waals surface area contributed by atoms with E-state index in [9.17, 15) is 23.9 Å². The maximum Gasteiger partial charge on any atom is 0.349 e. The molecular weight excluding hydrogens is 464 g/mol. The van der Waals surface area contributed by atoms with E-state index in [1.807, 2.05) is 30.3 Å². The number of hydrogen-bond donors (Lipinski definition) is 2. The summed E-state index contributed by atoms with van der Waals surface area (Å²) in [5.41, 5.74) is 8.21. The van der Waals surface area contributed by atoms with Gasteiger partial charge in [0.1, 0.15) is 5.75 Å². The van der Waals surface area contributed by atoms with E-state index >= 15 is 0 Å². The van der Waals surface area contributed by atoms with Crippen molar-refractivity contribution in [3.8, 4) is 40.5 Å². The number of benzene rings is 2. The lowest BCUT2D eigenvalue weighted by molar-refractivity contribution is 0.0699. The highest BCUT2D eigenvalue weighted by molar-refractivity contribution is 7.12. The third-order valence-corrected chi connectivity index (χ3v) is 5.52. The van der Waals surface area contributed by atoms with Gasteiger partial charge in [-0.3, -0.25) is 0 Å². The van der Waals surface area contributed by atoms with Crippen molar-refractivity contribution < 1.29 is 28.2 Å². The lowest BCUT2D eigenvalue weighted by atomic mass is 10.0. The van der Waals surface area contributed by atoms with Gasteiger partial charge in [-0.25, -0.2) is 13.6 Å². The van der Waals surface area contributed by atoms with Gasteiger partial charge in [0, 0.05) is 12.6 Å². The van der Waals surface area contributed by atoms with Crippen molar-refractivity contribution in [3.63, 3.8) is 0 Å². The van der Waals surface area contributed by atoms with Gasteiger partial charge in [0.2, 0.25) is 0 Å². The molecule has 0 spiro atoms. The highest BCUT2D eigenvalue weighted by atomic mass is 32.1. The average molecular weight is 479 g/mol. The van der Waals surface area contributed by atoms with Crippen LogP contribution in [0, 0.1) is 23.0 Å². The van der Waals surface area contributed by atoms with Crippen LogP contribution in [0.25, 0.3) is 11.1 Å². The maximum atomic E-state index is 14.5. The van der Waals surface area contributed by atoms with Crippen LogP contribution in [0.4, 0.5) is 8.78 Å². The molecule has 0 aliphatic heterocycles. The quantitative estimate of drug-likeness (QED) is 0.349. The van der Waals surface area contributed by atoms with Gasteiger partial charge in [-0.15, -0.1) is 11.3 Å². The van der Waals surface area contributed by atoms with Crippen LogP contribution in [0.1, 0.15) is 20.8 Å². The van der Waals surface area contributed by atoms with Crippen LogP contribution in [-0.2, 0) is 6.54 Å². The standard InChI is InChI=1S/C24H15F2N3O4S/c25-18-10-19(26)23(33-20-4-5-34-21(20)24(30)31)29-22(18)32-17-8-14(12-28)7-16(9-17)15-3-1-2-13(6-15)11-27/h1-10H,11,27H2,(H,30,31). The Balaban J connectivity index is 1.69. The Hall–Kier alpha value is -4.33. The number of aromatic nitrogens is 1. The smallest absolute Gasteiger partial charge is 0.349 e. The summed E-state index contributed by atoms with van der Waals surface area (Å²) in [6, 6.07) is 15.8. The molecule has 0 atom stereocenters. The van der Waals surface area contributed by atoms with Crippen molar-refractivity contribution in [2.45, 2.75) is 6.54 Å². The molecule has 0 radical (unpaired) electrons. The zero-order valence-electron chi connectivity index (χ0n) is 17.3. The summed E-state index contributed by atoms with van der Waals surface area (Å²) < 4.78 is 39.6. The summed E-state index contributed by atoms with van der Waals surface area (Å²) in [5, 5.41) is 20.1. The molecular formula is C24H15F2N3O4S. The van der Waals surface area contributed by atoms with Gasteiger partial charge in [-0.1, -0.05) is 18.2 Å². The molecule has 0 unspecified atom stereocenters. The number of rotatable bonds is 7. The van der Waals surface area contributed by atoms with E-state index in [-0.39, 0.29) is 21.9 Å². The molecule has 2 aromatic heterocycles. The van der Waals surface area contributed by atoms with Gasteiger partial charge in [-0.2, -0.15) is 10.2 Å². The predicted octanol–water partition coefficient (Wildman–Crippen LogP) is 5.70. The molecule has 2 heterocycles. The molecule has 0 aliphatic rings. The molecule has 0 amide bonds. The van der Waals surface area contributed by atoms with Crippen LogP contribution in [0.5, 0.6) is 23.3 Å². The predicted molar refractivity (Wildman–Crippen MR) is 120 cm³/mol. The number of carbonyl (C=O) groups is 1. The fourth-order valence-corrected chi connectivity index (χ4v) is 3.75. The van der Waals surface area contributed by atoms with E-state index < -0.39 is 29.4 Å². The van der Waals surface area contributed by atoms with Gasteiger partial charge in [-0.05, 0) is 52.4 Å². The van der Waals surface area contributed by atoms with Gasteiger partial charge in [0.15, 0.2) is 22.3 Å². The molecule has 170 valence electrons. The number of carboxylic acid groups (broad SMARTS) is 1. The van der Waals surface area contributed by atoms with Gasteiger partial charge >= 0.3 is 5.97 Å². The average Bonchev–Trinajstić information content (AvgIpc) is 3.30.